The highest BCUT2D eigenvalue weighted by Gasteiger charge is 2.04. The normalized spacial score (nSPS) is 11.0. The highest BCUT2D eigenvalue weighted by Crippen LogP contribution is 2.18. The van der Waals surface area contributed by atoms with Crippen molar-refractivity contribution in [1.82, 2.24) is 10.6 Å². The monoisotopic (exact) mass is 451 g/mol. The quantitative estimate of drug-likeness (QED) is 0.351. The first kappa shape index (κ1) is 19.1. The molecule has 25 heavy (non-hydrogen) atoms. The van der Waals surface area contributed by atoms with Crippen molar-refractivity contribution >= 4 is 40.9 Å². The van der Waals surface area contributed by atoms with Crippen molar-refractivity contribution in [3.05, 3.63) is 65.9 Å². The van der Waals surface area contributed by atoms with Crippen molar-refractivity contribution in [3.8, 4) is 5.75 Å². The molecule has 0 saturated heterocycles. The van der Waals surface area contributed by atoms with Gasteiger partial charge in [0.1, 0.15) is 17.1 Å². The molecule has 6 heteroatoms. The van der Waals surface area contributed by atoms with E-state index in [4.69, 9.17) is 9.15 Å². The number of ether oxygens (including phenoxy) is 1. The SMILES string of the molecule is CN=C(NCc1cccc(OC)c1)NCc1cc2ccccc2o1.I. The summed E-state index contributed by atoms with van der Waals surface area (Å²) in [5, 5.41) is 7.65. The highest BCUT2D eigenvalue weighted by atomic mass is 127. The number of halogens is 1. The molecule has 1 heterocycles. The Kier molecular flexibility index (Phi) is 7.12. The summed E-state index contributed by atoms with van der Waals surface area (Å²) in [5.74, 6) is 2.44. The van der Waals surface area contributed by atoms with Gasteiger partial charge in [0.15, 0.2) is 5.96 Å². The van der Waals surface area contributed by atoms with Gasteiger partial charge < -0.3 is 19.8 Å². The van der Waals surface area contributed by atoms with Crippen molar-refractivity contribution in [2.75, 3.05) is 14.2 Å². The van der Waals surface area contributed by atoms with Crippen LogP contribution in [0.3, 0.4) is 0 Å². The molecule has 5 nitrogen and oxygen atoms in total. The summed E-state index contributed by atoms with van der Waals surface area (Å²) < 4.78 is 11.0. The average molecular weight is 451 g/mol. The van der Waals surface area contributed by atoms with E-state index in [9.17, 15) is 0 Å². The van der Waals surface area contributed by atoms with Crippen LogP contribution in [0.25, 0.3) is 11.0 Å². The van der Waals surface area contributed by atoms with Crippen LogP contribution in [0.2, 0.25) is 0 Å². The molecule has 0 aliphatic rings. The Morgan fingerprint density at radius 1 is 1.04 bits per heavy atom. The number of furan rings is 1. The summed E-state index contributed by atoms with van der Waals surface area (Å²) >= 11 is 0. The molecule has 0 aliphatic carbocycles. The molecule has 3 rings (SSSR count). The molecule has 0 unspecified atom stereocenters. The Morgan fingerprint density at radius 3 is 2.60 bits per heavy atom. The van der Waals surface area contributed by atoms with Gasteiger partial charge in [-0.1, -0.05) is 30.3 Å². The predicted molar refractivity (Wildman–Crippen MR) is 112 cm³/mol. The van der Waals surface area contributed by atoms with E-state index < -0.39 is 0 Å². The van der Waals surface area contributed by atoms with E-state index in [2.05, 4.69) is 15.6 Å². The Labute approximate surface area is 164 Å². The molecule has 0 radical (unpaired) electrons. The molecular formula is C19H22IN3O2. The van der Waals surface area contributed by atoms with E-state index >= 15 is 0 Å². The van der Waals surface area contributed by atoms with Gasteiger partial charge in [-0.25, -0.2) is 0 Å². The lowest BCUT2D eigenvalue weighted by Crippen LogP contribution is -2.36. The number of fused-ring (bicyclic) bond motifs is 1. The Balaban J connectivity index is 0.00000225. The molecule has 0 spiro atoms. The number of rotatable bonds is 5. The van der Waals surface area contributed by atoms with Gasteiger partial charge in [-0.05, 0) is 29.8 Å². The lowest BCUT2D eigenvalue weighted by atomic mass is 10.2. The zero-order chi connectivity index (χ0) is 16.8. The van der Waals surface area contributed by atoms with Crippen LogP contribution in [0.1, 0.15) is 11.3 Å². The predicted octanol–water partition coefficient (Wildman–Crippen LogP) is 3.92. The summed E-state index contributed by atoms with van der Waals surface area (Å²) in [4.78, 5) is 4.24. The van der Waals surface area contributed by atoms with Gasteiger partial charge in [0.2, 0.25) is 0 Å². The summed E-state index contributed by atoms with van der Waals surface area (Å²) in [6, 6.07) is 18.0. The van der Waals surface area contributed by atoms with E-state index in [1.807, 2.05) is 54.6 Å². The fourth-order valence-electron chi connectivity index (χ4n) is 2.48. The minimum atomic E-state index is 0. The third kappa shape index (κ3) is 5.12. The lowest BCUT2D eigenvalue weighted by Gasteiger charge is -2.11. The van der Waals surface area contributed by atoms with Gasteiger partial charge in [-0.3, -0.25) is 4.99 Å². The first-order valence-corrected chi connectivity index (χ1v) is 7.83. The second-order valence-corrected chi connectivity index (χ2v) is 5.38. The van der Waals surface area contributed by atoms with E-state index in [1.165, 1.54) is 0 Å². The summed E-state index contributed by atoms with van der Waals surface area (Å²) in [6.07, 6.45) is 0. The lowest BCUT2D eigenvalue weighted by molar-refractivity contribution is 0.414. The van der Waals surface area contributed by atoms with Gasteiger partial charge in [0.05, 0.1) is 13.7 Å². The van der Waals surface area contributed by atoms with E-state index in [0.29, 0.717) is 13.1 Å². The minimum absolute atomic E-state index is 0. The molecule has 132 valence electrons. The first-order chi connectivity index (χ1) is 11.8. The van der Waals surface area contributed by atoms with Gasteiger partial charge in [-0.15, -0.1) is 24.0 Å². The van der Waals surface area contributed by atoms with Crippen LogP contribution in [-0.2, 0) is 13.1 Å². The summed E-state index contributed by atoms with van der Waals surface area (Å²) in [7, 11) is 3.42. The molecular weight excluding hydrogens is 429 g/mol. The molecule has 0 aliphatic heterocycles. The second-order valence-electron chi connectivity index (χ2n) is 5.38. The van der Waals surface area contributed by atoms with Crippen molar-refractivity contribution in [2.24, 2.45) is 4.99 Å². The molecule has 0 fully saturated rings. The molecule has 0 saturated carbocycles. The van der Waals surface area contributed by atoms with Crippen LogP contribution in [-0.4, -0.2) is 20.1 Å². The number of nitrogens with one attached hydrogen (secondary N) is 2. The topological polar surface area (TPSA) is 58.8 Å². The van der Waals surface area contributed by atoms with Crippen molar-refractivity contribution in [3.63, 3.8) is 0 Å². The van der Waals surface area contributed by atoms with E-state index in [0.717, 1.165) is 34.0 Å². The van der Waals surface area contributed by atoms with Crippen molar-refractivity contribution < 1.29 is 9.15 Å². The van der Waals surface area contributed by atoms with Crippen LogP contribution in [0.15, 0.2) is 64.0 Å². The number of para-hydroxylation sites is 1. The smallest absolute Gasteiger partial charge is 0.191 e. The van der Waals surface area contributed by atoms with Crippen LogP contribution in [0, 0.1) is 0 Å². The maximum Gasteiger partial charge on any atom is 0.191 e. The fourth-order valence-corrected chi connectivity index (χ4v) is 2.48. The molecule has 0 atom stereocenters. The number of nitrogens with zero attached hydrogens (tertiary/aromatic N) is 1. The zero-order valence-electron chi connectivity index (χ0n) is 14.3. The van der Waals surface area contributed by atoms with Crippen LogP contribution in [0.4, 0.5) is 0 Å². The number of aliphatic imine (C=N–C) groups is 1. The minimum Gasteiger partial charge on any atom is -0.497 e. The van der Waals surface area contributed by atoms with Crippen LogP contribution >= 0.6 is 24.0 Å². The standard InChI is InChI=1S/C19H21N3O2.HI/c1-20-19(21-12-14-6-5-8-16(10-14)23-2)22-13-17-11-15-7-3-4-9-18(15)24-17;/h3-11H,12-13H2,1-2H3,(H2,20,21,22);1H. The molecule has 2 aromatic carbocycles. The second kappa shape index (κ2) is 9.31. The molecule has 3 aromatic rings. The number of guanidine groups is 1. The average Bonchev–Trinajstić information content (AvgIpc) is 3.05. The van der Waals surface area contributed by atoms with Crippen molar-refractivity contribution in [1.29, 1.82) is 0 Å². The third-order valence-corrected chi connectivity index (χ3v) is 3.72. The number of hydrogen-bond donors (Lipinski definition) is 2. The van der Waals surface area contributed by atoms with Crippen LogP contribution in [0.5, 0.6) is 5.75 Å². The van der Waals surface area contributed by atoms with E-state index in [1.54, 1.807) is 14.2 Å². The Bertz CT molecular complexity index is 812. The first-order valence-electron chi connectivity index (χ1n) is 7.83. The summed E-state index contributed by atoms with van der Waals surface area (Å²) in [5.41, 5.74) is 2.02. The third-order valence-electron chi connectivity index (χ3n) is 3.72. The van der Waals surface area contributed by atoms with Gasteiger partial charge in [0.25, 0.3) is 0 Å². The maximum absolute atomic E-state index is 5.79. The van der Waals surface area contributed by atoms with Crippen LogP contribution < -0.4 is 15.4 Å². The number of methoxy groups -OCH3 is 1. The Morgan fingerprint density at radius 2 is 1.84 bits per heavy atom. The molecule has 0 amide bonds. The van der Waals surface area contributed by atoms with Gasteiger partial charge >= 0.3 is 0 Å². The van der Waals surface area contributed by atoms with Crippen molar-refractivity contribution in [2.45, 2.75) is 13.1 Å². The summed E-state index contributed by atoms with van der Waals surface area (Å²) in [6.45, 7) is 1.24. The number of benzene rings is 2. The maximum atomic E-state index is 5.79. The van der Waals surface area contributed by atoms with Gasteiger partial charge in [-0.2, -0.15) is 0 Å². The largest absolute Gasteiger partial charge is 0.497 e. The van der Waals surface area contributed by atoms with Gasteiger partial charge in [0, 0.05) is 19.0 Å². The highest BCUT2D eigenvalue weighted by molar-refractivity contribution is 14.0. The molecule has 0 bridgehead atoms. The molecule has 1 aromatic heterocycles. The fraction of sp³-hybridized carbons (Fsp3) is 0.211. The zero-order valence-corrected chi connectivity index (χ0v) is 16.6. The van der Waals surface area contributed by atoms with E-state index in [-0.39, 0.29) is 24.0 Å². The molecule has 2 N–H and O–H groups in total. The Hall–Kier alpha value is -2.22. The number of hydrogen-bond acceptors (Lipinski definition) is 3.